The Hall–Kier alpha value is -0.840. The summed E-state index contributed by atoms with van der Waals surface area (Å²) in [6.07, 6.45) is -35.0. The van der Waals surface area contributed by atoms with Crippen LogP contribution in [0.15, 0.2) is 0 Å². The fourth-order valence-electron chi connectivity index (χ4n) is 5.44. The Morgan fingerprint density at radius 3 is 1.24 bits per heavy atom. The number of hydrogen-bond acceptors (Lipinski definition) is 21. The molecule has 4 aliphatic heterocycles. The number of aliphatic hydroxyl groups is 14. The fraction of sp³-hybridized carbons (Fsp3) is 1.00. The summed E-state index contributed by atoms with van der Waals surface area (Å²) < 4.78 is 37.7. The van der Waals surface area contributed by atoms with E-state index in [1.54, 1.807) is 0 Å². The van der Waals surface area contributed by atoms with Crippen LogP contribution >= 0.6 is 0 Å². The summed E-state index contributed by atoms with van der Waals surface area (Å²) >= 11 is 0. The Labute approximate surface area is 254 Å². The van der Waals surface area contributed by atoms with Crippen molar-refractivity contribution in [3.8, 4) is 0 Å². The lowest BCUT2D eigenvalue weighted by Gasteiger charge is -2.47. The maximum atomic E-state index is 10.8. The average molecular weight is 667 g/mol. The molecule has 4 heterocycles. The molecule has 14 N–H and O–H groups in total. The van der Waals surface area contributed by atoms with E-state index < -0.39 is 149 Å². The summed E-state index contributed by atoms with van der Waals surface area (Å²) in [5, 5.41) is 142. The molecule has 21 heteroatoms. The first-order valence-electron chi connectivity index (χ1n) is 14.1. The number of hydrogen-bond donors (Lipinski definition) is 14. The average Bonchev–Trinajstić information content (AvgIpc) is 3.03. The van der Waals surface area contributed by atoms with E-state index in [-0.39, 0.29) is 0 Å². The summed E-state index contributed by atoms with van der Waals surface area (Å²) in [7, 11) is 0. The Morgan fingerprint density at radius 1 is 0.378 bits per heavy atom. The van der Waals surface area contributed by atoms with E-state index in [0.717, 1.165) is 0 Å². The van der Waals surface area contributed by atoms with E-state index in [1.807, 2.05) is 0 Å². The Bertz CT molecular complexity index is 912. The van der Waals surface area contributed by atoms with Crippen LogP contribution in [0.4, 0.5) is 0 Å². The van der Waals surface area contributed by atoms with Gasteiger partial charge >= 0.3 is 0 Å². The molecule has 0 aromatic carbocycles. The molecule has 1 unspecified atom stereocenters. The van der Waals surface area contributed by atoms with Gasteiger partial charge in [-0.2, -0.15) is 0 Å². The summed E-state index contributed by atoms with van der Waals surface area (Å²) in [6.45, 7) is -3.16. The molecule has 0 saturated carbocycles. The summed E-state index contributed by atoms with van der Waals surface area (Å²) in [5.74, 6) is 0. The van der Waals surface area contributed by atoms with Crippen molar-refractivity contribution in [3.63, 3.8) is 0 Å². The van der Waals surface area contributed by atoms with E-state index in [4.69, 9.17) is 33.2 Å². The van der Waals surface area contributed by atoms with Crippen LogP contribution in [0.3, 0.4) is 0 Å². The van der Waals surface area contributed by atoms with Crippen LogP contribution in [0.5, 0.6) is 0 Å². The molecule has 0 aromatic heterocycles. The molecule has 0 bridgehead atoms. The van der Waals surface area contributed by atoms with Crippen molar-refractivity contribution in [1.29, 1.82) is 0 Å². The van der Waals surface area contributed by atoms with E-state index in [9.17, 15) is 71.5 Å². The van der Waals surface area contributed by atoms with Crippen molar-refractivity contribution < 1.29 is 105 Å². The zero-order valence-electron chi connectivity index (χ0n) is 23.5. The Morgan fingerprint density at radius 2 is 0.778 bits per heavy atom. The van der Waals surface area contributed by atoms with Crippen LogP contribution in [0, 0.1) is 0 Å². The van der Waals surface area contributed by atoms with Crippen molar-refractivity contribution in [1.82, 2.24) is 0 Å². The highest BCUT2D eigenvalue weighted by atomic mass is 16.8. The van der Waals surface area contributed by atoms with Crippen molar-refractivity contribution in [2.75, 3.05) is 26.4 Å². The van der Waals surface area contributed by atoms with Crippen LogP contribution in [0.25, 0.3) is 0 Å². The first kappa shape index (κ1) is 37.0. The van der Waals surface area contributed by atoms with Crippen molar-refractivity contribution in [3.05, 3.63) is 0 Å². The first-order chi connectivity index (χ1) is 21.2. The minimum atomic E-state index is -1.99. The molecule has 4 fully saturated rings. The second kappa shape index (κ2) is 15.6. The van der Waals surface area contributed by atoms with Gasteiger partial charge in [0.05, 0.1) is 26.4 Å². The summed E-state index contributed by atoms with van der Waals surface area (Å²) in [6, 6.07) is 0. The molecule has 4 saturated heterocycles. The number of aliphatic hydroxyl groups excluding tert-OH is 14. The molecule has 0 aliphatic carbocycles. The molecule has 0 spiro atoms. The van der Waals surface area contributed by atoms with E-state index in [2.05, 4.69) is 0 Å². The van der Waals surface area contributed by atoms with Gasteiger partial charge in [0.1, 0.15) is 97.7 Å². The predicted molar refractivity (Wildman–Crippen MR) is 134 cm³/mol. The van der Waals surface area contributed by atoms with Crippen molar-refractivity contribution in [2.45, 2.75) is 123 Å². The Kier molecular flexibility index (Phi) is 12.8. The normalized spacial score (nSPS) is 52.9. The lowest BCUT2D eigenvalue weighted by Crippen LogP contribution is -2.66. The highest BCUT2D eigenvalue weighted by Gasteiger charge is 2.53. The summed E-state index contributed by atoms with van der Waals surface area (Å²) in [4.78, 5) is 0. The third kappa shape index (κ3) is 7.59. The summed E-state index contributed by atoms with van der Waals surface area (Å²) in [5.41, 5.74) is 0. The highest BCUT2D eigenvalue weighted by Crippen LogP contribution is 2.32. The fourth-order valence-corrected chi connectivity index (χ4v) is 5.44. The van der Waals surface area contributed by atoms with Gasteiger partial charge in [-0.15, -0.1) is 0 Å². The van der Waals surface area contributed by atoms with Crippen LogP contribution in [-0.2, 0) is 33.2 Å². The second-order valence-corrected chi connectivity index (χ2v) is 11.2. The van der Waals surface area contributed by atoms with Gasteiger partial charge in [-0.25, -0.2) is 0 Å². The highest BCUT2D eigenvalue weighted by molar-refractivity contribution is 4.96. The molecule has 45 heavy (non-hydrogen) atoms. The smallest absolute Gasteiger partial charge is 0.187 e. The monoisotopic (exact) mass is 666 g/mol. The van der Waals surface area contributed by atoms with Gasteiger partial charge in [-0.3, -0.25) is 0 Å². The SMILES string of the molecule is OC[C@H]1O[C@H](O[C@H]2[C@H](O)[C@@H](O)[C@@H](OC[C@H]3OC(O)[C@H](O)[C@@H](O)[C@@H]3O[C@H]3O[C@H](CO)[C@@H](O)[C@H](O)[C@H]3O)O[C@@H]2CO)[C@H](O)[C@@H](O)[C@@H]1O. The van der Waals surface area contributed by atoms with Gasteiger partial charge in [0.2, 0.25) is 0 Å². The molecule has 20 atom stereocenters. The first-order valence-corrected chi connectivity index (χ1v) is 14.1. The molecule has 0 radical (unpaired) electrons. The molecule has 264 valence electrons. The van der Waals surface area contributed by atoms with E-state index in [1.165, 1.54) is 0 Å². The largest absolute Gasteiger partial charge is 0.394 e. The molecule has 0 amide bonds. The molecule has 0 aromatic rings. The van der Waals surface area contributed by atoms with Crippen molar-refractivity contribution in [2.24, 2.45) is 0 Å². The maximum Gasteiger partial charge on any atom is 0.187 e. The van der Waals surface area contributed by atoms with Crippen LogP contribution in [0.2, 0.25) is 0 Å². The third-order valence-electron chi connectivity index (χ3n) is 8.18. The predicted octanol–water partition coefficient (Wildman–Crippen LogP) is -9.75. The van der Waals surface area contributed by atoms with Gasteiger partial charge in [0, 0.05) is 0 Å². The topological polar surface area (TPSA) is 348 Å². The minimum Gasteiger partial charge on any atom is -0.394 e. The number of ether oxygens (including phenoxy) is 7. The van der Waals surface area contributed by atoms with E-state index in [0.29, 0.717) is 0 Å². The van der Waals surface area contributed by atoms with Gasteiger partial charge < -0.3 is 105 Å². The zero-order chi connectivity index (χ0) is 33.3. The Balaban J connectivity index is 1.43. The molecule has 4 rings (SSSR count). The van der Waals surface area contributed by atoms with E-state index >= 15 is 0 Å². The van der Waals surface area contributed by atoms with Crippen LogP contribution in [-0.4, -0.2) is 221 Å². The van der Waals surface area contributed by atoms with Crippen molar-refractivity contribution >= 4 is 0 Å². The quantitative estimate of drug-likeness (QED) is 0.103. The van der Waals surface area contributed by atoms with Gasteiger partial charge in [0.25, 0.3) is 0 Å². The lowest BCUT2D eigenvalue weighted by atomic mass is 9.96. The van der Waals surface area contributed by atoms with Gasteiger partial charge in [0.15, 0.2) is 25.2 Å². The van der Waals surface area contributed by atoms with Crippen LogP contribution < -0.4 is 0 Å². The molecule has 21 nitrogen and oxygen atoms in total. The minimum absolute atomic E-state index is 0.728. The second-order valence-electron chi connectivity index (χ2n) is 11.2. The zero-order valence-corrected chi connectivity index (χ0v) is 23.5. The molecule has 4 aliphatic rings. The molecular formula is C24H42O21. The maximum absolute atomic E-state index is 10.8. The van der Waals surface area contributed by atoms with Gasteiger partial charge in [-0.05, 0) is 0 Å². The third-order valence-corrected chi connectivity index (χ3v) is 8.18. The lowest BCUT2D eigenvalue weighted by molar-refractivity contribution is -0.372. The standard InChI is InChI=1S/C24H42O21/c25-1-5-9(28)11(30)16(35)23(41-5)44-19-7(3-27)43-22(18(37)14(19)33)39-4-8-20(13(32)15(34)21(38)40-8)45-24-17(36)12(31)10(29)6(2-26)42-24/h5-38H,1-4H2/t5-,6-,7-,8-,9-,10-,11+,12+,13-,14-,15-,16-,17-,18-,19-,20-,21?,22+,23-,24-/m1/s1. The van der Waals surface area contributed by atoms with Crippen LogP contribution in [0.1, 0.15) is 0 Å². The van der Waals surface area contributed by atoms with Gasteiger partial charge in [-0.1, -0.05) is 0 Å². The molecular weight excluding hydrogens is 624 g/mol. The number of rotatable bonds is 10.